The highest BCUT2D eigenvalue weighted by atomic mass is 32.1. The molecule has 0 saturated carbocycles. The van der Waals surface area contributed by atoms with Gasteiger partial charge < -0.3 is 14.6 Å². The first-order valence-corrected chi connectivity index (χ1v) is 8.19. The minimum Gasteiger partial charge on any atom is -0.497 e. The minimum absolute atomic E-state index is 0.122. The largest absolute Gasteiger partial charge is 0.497 e. The van der Waals surface area contributed by atoms with Gasteiger partial charge in [-0.05, 0) is 17.7 Å². The molecular formula is C16H19N5OS. The van der Waals surface area contributed by atoms with E-state index in [1.165, 1.54) is 11.5 Å². The number of imidazole rings is 1. The Morgan fingerprint density at radius 2 is 2.26 bits per heavy atom. The predicted molar refractivity (Wildman–Crippen MR) is 91.0 cm³/mol. The molecule has 2 aromatic heterocycles. The number of nitrogens with one attached hydrogen (secondary N) is 1. The van der Waals surface area contributed by atoms with Crippen molar-refractivity contribution < 1.29 is 4.74 Å². The minimum atomic E-state index is -0.122. The van der Waals surface area contributed by atoms with Crippen LogP contribution >= 0.6 is 11.5 Å². The lowest BCUT2D eigenvalue weighted by molar-refractivity contribution is 0.414. The van der Waals surface area contributed by atoms with Crippen molar-refractivity contribution in [2.45, 2.75) is 19.4 Å². The summed E-state index contributed by atoms with van der Waals surface area (Å²) < 4.78 is 11.7. The number of methoxy groups -OCH3 is 1. The van der Waals surface area contributed by atoms with Crippen molar-refractivity contribution in [1.29, 1.82) is 0 Å². The Morgan fingerprint density at radius 1 is 1.39 bits per heavy atom. The number of ether oxygens (including phenoxy) is 1. The molecule has 0 bridgehead atoms. The van der Waals surface area contributed by atoms with Gasteiger partial charge in [-0.3, -0.25) is 0 Å². The summed E-state index contributed by atoms with van der Waals surface area (Å²) in [7, 11) is 3.65. The topological polar surface area (TPSA) is 64.9 Å². The van der Waals surface area contributed by atoms with Gasteiger partial charge in [0.25, 0.3) is 0 Å². The molecule has 7 heteroatoms. The van der Waals surface area contributed by atoms with Gasteiger partial charge in [-0.15, -0.1) is 0 Å². The standard InChI is InChI=1S/C16H19N5OS/c1-4-13-18-16(23-20-13)19-14(15-17-8-9-21(15)2)11-6-5-7-12(10-11)22-3/h5-10,14H,4H2,1-3H3,(H,18,19,20). The number of aryl methyl sites for hydroxylation is 2. The Bertz CT molecular complexity index is 782. The molecule has 2 heterocycles. The Morgan fingerprint density at radius 3 is 2.91 bits per heavy atom. The first-order valence-electron chi connectivity index (χ1n) is 7.41. The molecule has 0 aliphatic rings. The van der Waals surface area contributed by atoms with Crippen LogP contribution in [0.4, 0.5) is 5.13 Å². The fourth-order valence-corrected chi connectivity index (χ4v) is 3.03. The van der Waals surface area contributed by atoms with E-state index in [1.54, 1.807) is 13.3 Å². The summed E-state index contributed by atoms with van der Waals surface area (Å²) in [5.74, 6) is 2.57. The van der Waals surface area contributed by atoms with Gasteiger partial charge in [0.1, 0.15) is 23.4 Å². The van der Waals surface area contributed by atoms with Crippen LogP contribution < -0.4 is 10.1 Å². The summed E-state index contributed by atoms with van der Waals surface area (Å²) in [6.45, 7) is 2.05. The van der Waals surface area contributed by atoms with E-state index in [1.807, 2.05) is 42.9 Å². The molecule has 1 N–H and O–H groups in total. The van der Waals surface area contributed by atoms with Gasteiger partial charge in [0, 0.05) is 37.4 Å². The number of nitrogens with zero attached hydrogens (tertiary/aromatic N) is 4. The van der Waals surface area contributed by atoms with Crippen LogP contribution in [-0.4, -0.2) is 26.0 Å². The van der Waals surface area contributed by atoms with Crippen LogP contribution in [0.25, 0.3) is 0 Å². The van der Waals surface area contributed by atoms with Crippen molar-refractivity contribution in [1.82, 2.24) is 18.9 Å². The molecule has 0 aliphatic carbocycles. The average Bonchev–Trinajstić information content (AvgIpc) is 3.21. The van der Waals surface area contributed by atoms with Crippen molar-refractivity contribution in [3.63, 3.8) is 0 Å². The van der Waals surface area contributed by atoms with Gasteiger partial charge in [-0.25, -0.2) is 9.97 Å². The van der Waals surface area contributed by atoms with Gasteiger partial charge in [0.15, 0.2) is 0 Å². The number of anilines is 1. The van der Waals surface area contributed by atoms with Crippen LogP contribution in [0.1, 0.15) is 30.2 Å². The molecule has 0 radical (unpaired) electrons. The van der Waals surface area contributed by atoms with Crippen LogP contribution in [0, 0.1) is 0 Å². The normalized spacial score (nSPS) is 12.1. The fraction of sp³-hybridized carbons (Fsp3) is 0.312. The molecule has 1 aromatic carbocycles. The highest BCUT2D eigenvalue weighted by Crippen LogP contribution is 2.28. The van der Waals surface area contributed by atoms with Crippen molar-refractivity contribution in [3.8, 4) is 5.75 Å². The van der Waals surface area contributed by atoms with Gasteiger partial charge >= 0.3 is 0 Å². The number of aromatic nitrogens is 4. The Labute approximate surface area is 139 Å². The molecule has 0 amide bonds. The second-order valence-electron chi connectivity index (χ2n) is 5.12. The first kappa shape index (κ1) is 15.5. The third-order valence-corrected chi connectivity index (χ3v) is 4.28. The van der Waals surface area contributed by atoms with Crippen molar-refractivity contribution in [2.75, 3.05) is 12.4 Å². The molecule has 120 valence electrons. The maximum Gasteiger partial charge on any atom is 0.203 e. The summed E-state index contributed by atoms with van der Waals surface area (Å²) in [6.07, 6.45) is 4.55. The lowest BCUT2D eigenvalue weighted by Crippen LogP contribution is -2.16. The van der Waals surface area contributed by atoms with E-state index < -0.39 is 0 Å². The molecule has 0 saturated heterocycles. The quantitative estimate of drug-likeness (QED) is 0.753. The number of hydrogen-bond acceptors (Lipinski definition) is 6. The second-order valence-corrected chi connectivity index (χ2v) is 5.87. The maximum absolute atomic E-state index is 5.34. The van der Waals surface area contributed by atoms with Crippen LogP contribution in [0.2, 0.25) is 0 Å². The molecule has 3 aromatic rings. The number of hydrogen-bond donors (Lipinski definition) is 1. The Hall–Kier alpha value is -2.41. The van der Waals surface area contributed by atoms with Gasteiger partial charge in [0.05, 0.1) is 7.11 Å². The average molecular weight is 329 g/mol. The van der Waals surface area contributed by atoms with E-state index in [-0.39, 0.29) is 6.04 Å². The molecule has 0 fully saturated rings. The van der Waals surface area contributed by atoms with Crippen molar-refractivity contribution >= 4 is 16.7 Å². The first-order chi connectivity index (χ1) is 11.2. The zero-order valence-electron chi connectivity index (χ0n) is 13.4. The van der Waals surface area contributed by atoms with Gasteiger partial charge in [0.2, 0.25) is 5.13 Å². The molecular weight excluding hydrogens is 310 g/mol. The molecule has 1 unspecified atom stereocenters. The SMILES string of the molecule is CCc1nsc(NC(c2cccc(OC)c2)c2nccn2C)n1. The zero-order chi connectivity index (χ0) is 16.2. The van der Waals surface area contributed by atoms with E-state index in [9.17, 15) is 0 Å². The van der Waals surface area contributed by atoms with Crippen LogP contribution in [0.3, 0.4) is 0 Å². The summed E-state index contributed by atoms with van der Waals surface area (Å²) in [4.78, 5) is 8.99. The van der Waals surface area contributed by atoms with Gasteiger partial charge in [-0.1, -0.05) is 19.1 Å². The van der Waals surface area contributed by atoms with E-state index in [2.05, 4.69) is 25.7 Å². The smallest absolute Gasteiger partial charge is 0.203 e. The van der Waals surface area contributed by atoms with E-state index >= 15 is 0 Å². The summed E-state index contributed by atoms with van der Waals surface area (Å²) in [5.41, 5.74) is 1.06. The molecule has 1 atom stereocenters. The van der Waals surface area contributed by atoms with Crippen molar-refractivity contribution in [2.24, 2.45) is 7.05 Å². The Kier molecular flexibility index (Phi) is 4.57. The summed E-state index contributed by atoms with van der Waals surface area (Å²) in [5, 5.41) is 4.24. The van der Waals surface area contributed by atoms with Crippen LogP contribution in [0.5, 0.6) is 5.75 Å². The van der Waals surface area contributed by atoms with E-state index in [0.29, 0.717) is 0 Å². The number of rotatable bonds is 6. The molecule has 0 spiro atoms. The summed E-state index contributed by atoms with van der Waals surface area (Å²) >= 11 is 1.37. The van der Waals surface area contributed by atoms with Gasteiger partial charge in [-0.2, -0.15) is 4.37 Å². The summed E-state index contributed by atoms with van der Waals surface area (Å²) in [6, 6.07) is 7.84. The fourth-order valence-electron chi connectivity index (χ4n) is 2.35. The Balaban J connectivity index is 1.98. The molecule has 23 heavy (non-hydrogen) atoms. The highest BCUT2D eigenvalue weighted by Gasteiger charge is 2.20. The number of benzene rings is 1. The second kappa shape index (κ2) is 6.78. The third-order valence-electron chi connectivity index (χ3n) is 3.60. The monoisotopic (exact) mass is 329 g/mol. The lowest BCUT2D eigenvalue weighted by Gasteiger charge is -2.19. The van der Waals surface area contributed by atoms with E-state index in [0.717, 1.165) is 34.5 Å². The molecule has 0 aliphatic heterocycles. The predicted octanol–water partition coefficient (Wildman–Crippen LogP) is 3.04. The third kappa shape index (κ3) is 3.34. The molecule has 6 nitrogen and oxygen atoms in total. The highest BCUT2D eigenvalue weighted by molar-refractivity contribution is 7.09. The maximum atomic E-state index is 5.34. The van der Waals surface area contributed by atoms with E-state index in [4.69, 9.17) is 4.74 Å². The molecule has 3 rings (SSSR count). The lowest BCUT2D eigenvalue weighted by atomic mass is 10.1. The van der Waals surface area contributed by atoms with Crippen LogP contribution in [0.15, 0.2) is 36.7 Å². The zero-order valence-corrected chi connectivity index (χ0v) is 14.2. The van der Waals surface area contributed by atoms with Crippen molar-refractivity contribution in [3.05, 3.63) is 53.9 Å². The van der Waals surface area contributed by atoms with Crippen LogP contribution in [-0.2, 0) is 13.5 Å².